The monoisotopic (exact) mass is 312 g/mol. The van der Waals surface area contributed by atoms with Gasteiger partial charge in [-0.25, -0.2) is 0 Å². The van der Waals surface area contributed by atoms with Crippen LogP contribution in [0.1, 0.15) is 49.0 Å². The summed E-state index contributed by atoms with van der Waals surface area (Å²) < 4.78 is 0. The molecule has 0 saturated carbocycles. The average molecular weight is 312 g/mol. The lowest BCUT2D eigenvalue weighted by atomic mass is 9.77. The van der Waals surface area contributed by atoms with Gasteiger partial charge in [0.05, 0.1) is 23.8 Å². The number of carbonyl (C=O) groups excluding carboxylic acids is 1. The molecule has 1 saturated heterocycles. The number of rotatable bonds is 4. The molecule has 1 fully saturated rings. The number of likely N-dealkylation sites (tertiary alicyclic amines) is 1. The topological polar surface area (TPSA) is 64.3 Å². The number of benzene rings is 1. The Hall–Kier alpha value is -2.12. The minimum atomic E-state index is -0.271. The fourth-order valence-corrected chi connectivity index (χ4v) is 3.10. The van der Waals surface area contributed by atoms with Crippen LogP contribution in [0.5, 0.6) is 0 Å². The van der Waals surface area contributed by atoms with Crippen molar-refractivity contribution >= 4 is 5.91 Å². The second-order valence-electron chi connectivity index (χ2n) is 6.63. The summed E-state index contributed by atoms with van der Waals surface area (Å²) in [4.78, 5) is 14.6. The molecule has 0 bridgehead atoms. The highest BCUT2D eigenvalue weighted by atomic mass is 16.3. The molecule has 1 heterocycles. The molecule has 122 valence electrons. The van der Waals surface area contributed by atoms with Gasteiger partial charge in [-0.15, -0.1) is 0 Å². The summed E-state index contributed by atoms with van der Waals surface area (Å²) in [5.74, 6) is -0.114. The molecule has 1 amide bonds. The van der Waals surface area contributed by atoms with Crippen LogP contribution in [0.25, 0.3) is 0 Å². The van der Waals surface area contributed by atoms with Gasteiger partial charge in [0.25, 0.3) is 5.91 Å². The highest BCUT2D eigenvalue weighted by Gasteiger charge is 2.36. The summed E-state index contributed by atoms with van der Waals surface area (Å²) in [6.07, 6.45) is 4.69. The van der Waals surface area contributed by atoms with Crippen LogP contribution in [0, 0.1) is 16.7 Å². The average Bonchev–Trinajstić information content (AvgIpc) is 2.59. The molecule has 0 aromatic heterocycles. The van der Waals surface area contributed by atoms with Crippen molar-refractivity contribution in [1.82, 2.24) is 4.90 Å². The Morgan fingerprint density at radius 2 is 2.17 bits per heavy atom. The number of piperidine rings is 1. The summed E-state index contributed by atoms with van der Waals surface area (Å²) >= 11 is 0. The van der Waals surface area contributed by atoms with Gasteiger partial charge in [-0.2, -0.15) is 5.26 Å². The molecule has 1 unspecified atom stereocenters. The smallest absolute Gasteiger partial charge is 0.255 e. The quantitative estimate of drug-likeness (QED) is 0.869. The SMILES string of the molecule is CC(C)=CCC1(CO)CCCN(C(=O)c2ccccc2C#N)C1. The second-order valence-corrected chi connectivity index (χ2v) is 6.63. The third-order valence-electron chi connectivity index (χ3n) is 4.51. The van der Waals surface area contributed by atoms with Crippen LogP contribution in [-0.2, 0) is 0 Å². The highest BCUT2D eigenvalue weighted by Crippen LogP contribution is 2.34. The van der Waals surface area contributed by atoms with Crippen molar-refractivity contribution in [3.05, 3.63) is 47.0 Å². The predicted molar refractivity (Wildman–Crippen MR) is 89.9 cm³/mol. The van der Waals surface area contributed by atoms with E-state index in [0.29, 0.717) is 24.2 Å². The van der Waals surface area contributed by atoms with Crippen molar-refractivity contribution in [1.29, 1.82) is 5.26 Å². The van der Waals surface area contributed by atoms with Gasteiger partial charge in [-0.1, -0.05) is 23.8 Å². The van der Waals surface area contributed by atoms with Crippen molar-refractivity contribution in [2.45, 2.75) is 33.1 Å². The van der Waals surface area contributed by atoms with Crippen molar-refractivity contribution in [2.24, 2.45) is 5.41 Å². The van der Waals surface area contributed by atoms with E-state index in [1.165, 1.54) is 5.57 Å². The van der Waals surface area contributed by atoms with Gasteiger partial charge in [0.15, 0.2) is 0 Å². The number of carbonyl (C=O) groups is 1. The number of aliphatic hydroxyl groups excluding tert-OH is 1. The van der Waals surface area contributed by atoms with Gasteiger partial charge in [0.2, 0.25) is 0 Å². The van der Waals surface area contributed by atoms with Crippen molar-refractivity contribution in [3.63, 3.8) is 0 Å². The Morgan fingerprint density at radius 3 is 2.83 bits per heavy atom. The first-order valence-corrected chi connectivity index (χ1v) is 8.04. The maximum Gasteiger partial charge on any atom is 0.255 e. The summed E-state index contributed by atoms with van der Waals surface area (Å²) in [7, 11) is 0. The lowest BCUT2D eigenvalue weighted by Gasteiger charge is -2.41. The van der Waals surface area contributed by atoms with Gasteiger partial charge >= 0.3 is 0 Å². The molecule has 1 aromatic carbocycles. The molecule has 1 aliphatic rings. The second kappa shape index (κ2) is 7.43. The summed E-state index contributed by atoms with van der Waals surface area (Å²) in [5, 5.41) is 19.1. The number of aliphatic hydroxyl groups is 1. The molecule has 23 heavy (non-hydrogen) atoms. The third kappa shape index (κ3) is 4.00. The zero-order valence-electron chi connectivity index (χ0n) is 13.9. The maximum absolute atomic E-state index is 12.8. The molecule has 0 spiro atoms. The number of hydrogen-bond donors (Lipinski definition) is 1. The van der Waals surface area contributed by atoms with Crippen LogP contribution in [0.15, 0.2) is 35.9 Å². The molecule has 0 radical (unpaired) electrons. The van der Waals surface area contributed by atoms with Crippen molar-refractivity contribution < 1.29 is 9.90 Å². The van der Waals surface area contributed by atoms with E-state index < -0.39 is 0 Å². The zero-order valence-corrected chi connectivity index (χ0v) is 13.9. The minimum absolute atomic E-state index is 0.0699. The van der Waals surface area contributed by atoms with Crippen molar-refractivity contribution in [3.8, 4) is 6.07 Å². The molecule has 0 aliphatic carbocycles. The molecule has 1 atom stereocenters. The van der Waals surface area contributed by atoms with Gasteiger partial charge in [-0.3, -0.25) is 4.79 Å². The lowest BCUT2D eigenvalue weighted by Crippen LogP contribution is -2.47. The molecule has 4 heteroatoms. The molecular formula is C19H24N2O2. The number of amides is 1. The number of nitriles is 1. The van der Waals surface area contributed by atoms with E-state index in [1.54, 1.807) is 29.2 Å². The van der Waals surface area contributed by atoms with Gasteiger partial charge < -0.3 is 10.0 Å². The maximum atomic E-state index is 12.8. The fraction of sp³-hybridized carbons (Fsp3) is 0.474. The van der Waals surface area contributed by atoms with Gasteiger partial charge in [0, 0.05) is 18.5 Å². The first kappa shape index (κ1) is 17.2. The van der Waals surface area contributed by atoms with Crippen LogP contribution in [0.2, 0.25) is 0 Å². The van der Waals surface area contributed by atoms with E-state index in [4.69, 9.17) is 0 Å². The summed E-state index contributed by atoms with van der Waals surface area (Å²) in [6.45, 7) is 5.36. The highest BCUT2D eigenvalue weighted by molar-refractivity contribution is 5.96. The standard InChI is InChI=1S/C19H24N2O2/c1-15(2)8-10-19(14-22)9-5-11-21(13-19)18(23)17-7-4-3-6-16(17)12-20/h3-4,6-8,22H,5,9-11,13-14H2,1-2H3. The number of nitrogens with zero attached hydrogens (tertiary/aromatic N) is 2. The van der Waals surface area contributed by atoms with E-state index in [2.05, 4.69) is 12.1 Å². The molecule has 1 N–H and O–H groups in total. The summed E-state index contributed by atoms with van der Waals surface area (Å²) in [5.41, 5.74) is 1.80. The fourth-order valence-electron chi connectivity index (χ4n) is 3.10. The Labute approximate surface area is 138 Å². The van der Waals surface area contributed by atoms with Crippen LogP contribution in [0.3, 0.4) is 0 Å². The van der Waals surface area contributed by atoms with Gasteiger partial charge in [0.1, 0.15) is 0 Å². The molecule has 4 nitrogen and oxygen atoms in total. The Balaban J connectivity index is 2.21. The molecule has 1 aromatic rings. The first-order valence-electron chi connectivity index (χ1n) is 8.04. The van der Waals surface area contributed by atoms with Crippen LogP contribution < -0.4 is 0 Å². The minimum Gasteiger partial charge on any atom is -0.396 e. The Bertz CT molecular complexity index is 641. The van der Waals surface area contributed by atoms with E-state index in [-0.39, 0.29) is 17.9 Å². The third-order valence-corrected chi connectivity index (χ3v) is 4.51. The number of allylic oxidation sites excluding steroid dienone is 2. The molecule has 2 rings (SSSR count). The van der Waals surface area contributed by atoms with Crippen molar-refractivity contribution in [2.75, 3.05) is 19.7 Å². The van der Waals surface area contributed by atoms with Crippen LogP contribution in [0.4, 0.5) is 0 Å². The largest absolute Gasteiger partial charge is 0.396 e. The van der Waals surface area contributed by atoms with Gasteiger partial charge in [-0.05, 0) is 45.2 Å². The molecule has 1 aliphatic heterocycles. The van der Waals surface area contributed by atoms with E-state index >= 15 is 0 Å². The lowest BCUT2D eigenvalue weighted by molar-refractivity contribution is 0.0284. The zero-order chi connectivity index (χ0) is 16.9. The first-order chi connectivity index (χ1) is 11.0. The Morgan fingerprint density at radius 1 is 1.43 bits per heavy atom. The summed E-state index contributed by atoms with van der Waals surface area (Å²) in [6, 6.07) is 8.99. The normalized spacial score (nSPS) is 20.7. The van der Waals surface area contributed by atoms with E-state index in [9.17, 15) is 15.2 Å². The van der Waals surface area contributed by atoms with E-state index in [1.807, 2.05) is 13.8 Å². The van der Waals surface area contributed by atoms with Crippen LogP contribution >= 0.6 is 0 Å². The van der Waals surface area contributed by atoms with E-state index in [0.717, 1.165) is 19.3 Å². The molecular weight excluding hydrogens is 288 g/mol. The predicted octanol–water partition coefficient (Wildman–Crippen LogP) is 3.13. The number of hydrogen-bond acceptors (Lipinski definition) is 3. The van der Waals surface area contributed by atoms with Crippen LogP contribution in [-0.4, -0.2) is 35.6 Å². The Kier molecular flexibility index (Phi) is 5.57.